The van der Waals surface area contributed by atoms with Gasteiger partial charge in [0.1, 0.15) is 0 Å². The van der Waals surface area contributed by atoms with Crippen LogP contribution in [0.5, 0.6) is 0 Å². The molecule has 0 amide bonds. The maximum absolute atomic E-state index is 11.5. The summed E-state index contributed by atoms with van der Waals surface area (Å²) in [6, 6.07) is 0. The molecule has 7 heteroatoms. The highest BCUT2D eigenvalue weighted by Crippen LogP contribution is 2.38. The molecule has 0 heterocycles. The third kappa shape index (κ3) is 3.18. The molecule has 1 saturated carbocycles. The van der Waals surface area contributed by atoms with Gasteiger partial charge in [-0.15, -0.1) is 0 Å². The molecule has 0 aromatic rings. The molecule has 2 rings (SSSR count). The minimum atomic E-state index is -5.42. The van der Waals surface area contributed by atoms with Gasteiger partial charge in [0.05, 0.1) is 0 Å². The molecule has 106 valence electrons. The average molecular weight is 276 g/mol. The maximum Gasteiger partial charge on any atom is 0.426 e. The summed E-state index contributed by atoms with van der Waals surface area (Å²) < 4.78 is 68.6. The Hall–Kier alpha value is -0.720. The van der Waals surface area contributed by atoms with E-state index in [4.69, 9.17) is 0 Å². The fraction of sp³-hybridized carbons (Fsp3) is 0.818. The molecule has 3 atom stereocenters. The van der Waals surface area contributed by atoms with Crippen LogP contribution in [-0.2, 0) is 4.94 Å². The molecule has 2 aliphatic rings. The van der Waals surface area contributed by atoms with Gasteiger partial charge < -0.3 is 0 Å². The Balaban J connectivity index is 0.000000194. The summed E-state index contributed by atoms with van der Waals surface area (Å²) in [6.07, 6.45) is -0.187. The molecular weight excluding hydrogens is 262 g/mol. The Bertz CT molecular complexity index is 288. The molecular formula is C11H14F6O. The highest BCUT2D eigenvalue weighted by atomic mass is 19.4. The Morgan fingerprint density at radius 3 is 1.61 bits per heavy atom. The number of hydrogen-bond acceptors (Lipinski definition) is 1. The summed E-state index contributed by atoms with van der Waals surface area (Å²) in [5.41, 5.74) is -4.02. The molecule has 3 unspecified atom stereocenters. The van der Waals surface area contributed by atoms with Crippen LogP contribution in [0, 0.1) is 11.8 Å². The van der Waals surface area contributed by atoms with Crippen molar-refractivity contribution < 1.29 is 31.4 Å². The van der Waals surface area contributed by atoms with E-state index in [9.17, 15) is 26.5 Å². The smallest absolute Gasteiger partial charge is 0.207 e. The van der Waals surface area contributed by atoms with Crippen LogP contribution >= 0.6 is 0 Å². The van der Waals surface area contributed by atoms with E-state index in [2.05, 4.69) is 17.1 Å². The van der Waals surface area contributed by atoms with E-state index in [1.807, 2.05) is 0 Å². The lowest BCUT2D eigenvalue weighted by Gasteiger charge is -2.25. The van der Waals surface area contributed by atoms with E-state index in [1.165, 1.54) is 19.3 Å². The van der Waals surface area contributed by atoms with Gasteiger partial charge in [0.15, 0.2) is 0 Å². The SMILES string of the molecule is C1=CC2CCC1C2.CC(OF)(C(F)F)C(F)(F)F. The second kappa shape index (κ2) is 5.50. The molecule has 0 saturated heterocycles. The molecule has 2 bridgehead atoms. The predicted octanol–water partition coefficient (Wildman–Crippen LogP) is 4.45. The van der Waals surface area contributed by atoms with E-state index >= 15 is 0 Å². The highest BCUT2D eigenvalue weighted by Gasteiger charge is 2.60. The highest BCUT2D eigenvalue weighted by molar-refractivity contribution is 5.06. The van der Waals surface area contributed by atoms with Gasteiger partial charge in [-0.25, -0.2) is 8.78 Å². The predicted molar refractivity (Wildman–Crippen MR) is 52.6 cm³/mol. The second-order valence-corrected chi connectivity index (χ2v) is 4.70. The van der Waals surface area contributed by atoms with Gasteiger partial charge in [0.2, 0.25) is 0 Å². The molecule has 0 aromatic carbocycles. The fourth-order valence-corrected chi connectivity index (χ4v) is 1.92. The van der Waals surface area contributed by atoms with Crippen LogP contribution in [-0.4, -0.2) is 18.2 Å². The van der Waals surface area contributed by atoms with Crippen molar-refractivity contribution in [1.82, 2.24) is 0 Å². The average Bonchev–Trinajstić information content (AvgIpc) is 2.91. The lowest BCUT2D eigenvalue weighted by molar-refractivity contribution is -0.375. The minimum Gasteiger partial charge on any atom is -0.207 e. The lowest BCUT2D eigenvalue weighted by atomic mass is 10.1. The normalized spacial score (nSPS) is 29.1. The molecule has 0 N–H and O–H groups in total. The molecule has 1 nitrogen and oxygen atoms in total. The Morgan fingerprint density at radius 1 is 1.11 bits per heavy atom. The molecule has 0 aromatic heterocycles. The standard InChI is InChI=1S/C7H10.C4H4F6O/c1-2-7-4-3-6(1)5-7;1-3(11-10,2(5)6)4(7,8)9/h1-2,6-7H,3-5H2;2H,1H3. The van der Waals surface area contributed by atoms with E-state index in [0.717, 1.165) is 11.8 Å². The first-order valence-corrected chi connectivity index (χ1v) is 5.53. The molecule has 0 aliphatic heterocycles. The second-order valence-electron chi connectivity index (χ2n) is 4.70. The minimum absolute atomic E-state index is 0.0718. The number of hydrogen-bond donors (Lipinski definition) is 0. The van der Waals surface area contributed by atoms with Crippen molar-refractivity contribution in [3.05, 3.63) is 12.2 Å². The summed E-state index contributed by atoms with van der Waals surface area (Å²) in [4.78, 5) is 2.19. The third-order valence-corrected chi connectivity index (χ3v) is 3.31. The molecule has 0 radical (unpaired) electrons. The summed E-state index contributed by atoms with van der Waals surface area (Å²) in [6.45, 7) is -0.0718. The van der Waals surface area contributed by atoms with Crippen LogP contribution in [0.3, 0.4) is 0 Å². The van der Waals surface area contributed by atoms with E-state index in [-0.39, 0.29) is 6.92 Å². The number of halogens is 6. The van der Waals surface area contributed by atoms with Crippen molar-refractivity contribution in [1.29, 1.82) is 0 Å². The first kappa shape index (κ1) is 15.3. The number of fused-ring (bicyclic) bond motifs is 2. The van der Waals surface area contributed by atoms with Crippen LogP contribution in [0.1, 0.15) is 26.2 Å². The molecule has 1 fully saturated rings. The fourth-order valence-electron chi connectivity index (χ4n) is 1.92. The zero-order valence-electron chi connectivity index (χ0n) is 9.68. The first-order valence-electron chi connectivity index (χ1n) is 5.53. The van der Waals surface area contributed by atoms with Crippen molar-refractivity contribution >= 4 is 0 Å². The zero-order chi connectivity index (χ0) is 14.0. The first-order chi connectivity index (χ1) is 8.20. The topological polar surface area (TPSA) is 9.23 Å². The summed E-state index contributed by atoms with van der Waals surface area (Å²) in [5, 5.41) is 0. The largest absolute Gasteiger partial charge is 0.426 e. The van der Waals surface area contributed by atoms with Gasteiger partial charge in [-0.1, -0.05) is 12.2 Å². The maximum atomic E-state index is 11.5. The van der Waals surface area contributed by atoms with E-state index < -0.39 is 18.2 Å². The van der Waals surface area contributed by atoms with Gasteiger partial charge in [-0.05, 0) is 42.5 Å². The van der Waals surface area contributed by atoms with Gasteiger partial charge in [0, 0.05) is 0 Å². The van der Waals surface area contributed by atoms with Crippen molar-refractivity contribution in [3.8, 4) is 0 Å². The van der Waals surface area contributed by atoms with Gasteiger partial charge in [-0.3, -0.25) is 0 Å². The van der Waals surface area contributed by atoms with Crippen LogP contribution in [0.2, 0.25) is 0 Å². The molecule has 18 heavy (non-hydrogen) atoms. The van der Waals surface area contributed by atoms with Crippen molar-refractivity contribution in [3.63, 3.8) is 0 Å². The Kier molecular flexibility index (Phi) is 4.69. The quantitative estimate of drug-likeness (QED) is 0.535. The number of alkyl halides is 5. The van der Waals surface area contributed by atoms with Crippen LogP contribution in [0.25, 0.3) is 0 Å². The van der Waals surface area contributed by atoms with Gasteiger partial charge >= 0.3 is 6.18 Å². The van der Waals surface area contributed by atoms with Gasteiger partial charge in [0.25, 0.3) is 12.0 Å². The Morgan fingerprint density at radius 2 is 1.56 bits per heavy atom. The van der Waals surface area contributed by atoms with E-state index in [0.29, 0.717) is 0 Å². The summed E-state index contributed by atoms with van der Waals surface area (Å²) >= 11 is 0. The molecule has 2 aliphatic carbocycles. The summed E-state index contributed by atoms with van der Waals surface area (Å²) in [7, 11) is 0. The van der Waals surface area contributed by atoms with Crippen LogP contribution in [0.4, 0.5) is 26.5 Å². The van der Waals surface area contributed by atoms with Gasteiger partial charge in [-0.2, -0.15) is 18.1 Å². The van der Waals surface area contributed by atoms with E-state index in [1.54, 1.807) is 0 Å². The summed E-state index contributed by atoms with van der Waals surface area (Å²) in [5.74, 6) is 1.98. The van der Waals surface area contributed by atoms with Crippen molar-refractivity contribution in [2.75, 3.05) is 0 Å². The zero-order valence-corrected chi connectivity index (χ0v) is 9.68. The van der Waals surface area contributed by atoms with Crippen LogP contribution < -0.4 is 0 Å². The Labute approximate surface area is 101 Å². The van der Waals surface area contributed by atoms with Crippen molar-refractivity contribution in [2.45, 2.75) is 44.4 Å². The monoisotopic (exact) mass is 276 g/mol. The third-order valence-electron chi connectivity index (χ3n) is 3.31. The number of allylic oxidation sites excluding steroid dienone is 2. The number of rotatable bonds is 2. The van der Waals surface area contributed by atoms with Crippen molar-refractivity contribution in [2.24, 2.45) is 11.8 Å². The lowest BCUT2D eigenvalue weighted by Crippen LogP contribution is -2.49. The molecule has 0 spiro atoms. The van der Waals surface area contributed by atoms with Crippen LogP contribution in [0.15, 0.2) is 12.2 Å².